The van der Waals surface area contributed by atoms with Gasteiger partial charge in [0.2, 0.25) is 0 Å². The smallest absolute Gasteiger partial charge is 0.178 e. The van der Waals surface area contributed by atoms with Crippen molar-refractivity contribution in [2.75, 3.05) is 0 Å². The molecule has 0 N–H and O–H groups in total. The van der Waals surface area contributed by atoms with Crippen molar-refractivity contribution in [3.63, 3.8) is 0 Å². The van der Waals surface area contributed by atoms with Crippen LogP contribution in [0, 0.1) is 39.9 Å². The van der Waals surface area contributed by atoms with E-state index >= 15 is 0 Å². The molecule has 5 aliphatic rings. The molecule has 1 aliphatic heterocycles. The van der Waals surface area contributed by atoms with Gasteiger partial charge in [0.25, 0.3) is 0 Å². The molecule has 1 unspecified atom stereocenters. The zero-order valence-corrected chi connectivity index (χ0v) is 23.0. The zero-order valence-electron chi connectivity index (χ0n) is 23.0. The fourth-order valence-electron chi connectivity index (χ4n) is 8.51. The molecule has 0 bridgehead atoms. The molecule has 200 valence electrons. The van der Waals surface area contributed by atoms with Crippen molar-refractivity contribution in [1.29, 1.82) is 5.26 Å². The van der Waals surface area contributed by atoms with Crippen molar-refractivity contribution in [3.8, 4) is 6.07 Å². The lowest BCUT2D eigenvalue weighted by molar-refractivity contribution is -0.131. The molecule has 39 heavy (non-hydrogen) atoms. The molecule has 0 saturated heterocycles. The number of carbonyl (C=O) groups is 2. The minimum atomic E-state index is -0.104. The first-order chi connectivity index (χ1) is 18.7. The Labute approximate surface area is 231 Å². The van der Waals surface area contributed by atoms with Gasteiger partial charge in [-0.1, -0.05) is 44.2 Å². The van der Waals surface area contributed by atoms with Gasteiger partial charge in [0.1, 0.15) is 5.78 Å². The first kappa shape index (κ1) is 25.7. The minimum Gasteiger partial charge on any atom is -0.327 e. The summed E-state index contributed by atoms with van der Waals surface area (Å²) in [6.07, 6.45) is 17.8. The van der Waals surface area contributed by atoms with Gasteiger partial charge in [-0.25, -0.2) is 4.98 Å². The number of aromatic nitrogens is 2. The summed E-state index contributed by atoms with van der Waals surface area (Å²) in [4.78, 5) is 28.4. The highest BCUT2D eigenvalue weighted by Gasteiger charge is 2.59. The summed E-state index contributed by atoms with van der Waals surface area (Å²) in [5, 5.41) is 8.80. The van der Waals surface area contributed by atoms with Crippen LogP contribution in [0.3, 0.4) is 0 Å². The lowest BCUT2D eigenvalue weighted by Gasteiger charge is -2.56. The molecule has 5 nitrogen and oxygen atoms in total. The van der Waals surface area contributed by atoms with E-state index in [4.69, 9.17) is 5.26 Å². The number of allylic oxidation sites excluding steroid dienone is 5. The van der Waals surface area contributed by atoms with Crippen molar-refractivity contribution in [2.24, 2.45) is 28.6 Å². The standard InChI is InChI=1S/C20H24O2.C14H13N3/c1-12-10-14-15-4-5-18(22)20(15,3)9-7-16(14)19(2)8-6-13(21)11-17(12)19;15-8-11-4-6-12(7-5-11)14-3-1-2-13-9-16-10-17(13)14/h6,8,11,14-16H,1,4-5,7,9-10H2,2-3H3;4-7,9-10,14H,1-3H2/t14-,15-,16-,19+,20-;/m0./s1. The molecule has 6 atom stereocenters. The van der Waals surface area contributed by atoms with E-state index in [2.05, 4.69) is 54.3 Å². The highest BCUT2D eigenvalue weighted by molar-refractivity contribution is 6.02. The molecular formula is C34H37N3O2. The Hall–Kier alpha value is -3.52. The van der Waals surface area contributed by atoms with Crippen LogP contribution in [0.2, 0.25) is 0 Å². The lowest BCUT2D eigenvalue weighted by Crippen LogP contribution is -2.50. The number of aryl methyl sites for hydroxylation is 1. The van der Waals surface area contributed by atoms with Gasteiger partial charge in [-0.3, -0.25) is 9.59 Å². The van der Waals surface area contributed by atoms with Crippen LogP contribution in [0.25, 0.3) is 0 Å². The molecule has 0 radical (unpaired) electrons. The second-order valence-corrected chi connectivity index (χ2v) is 12.6. The molecule has 0 amide bonds. The number of carbonyl (C=O) groups excluding carboxylic acids is 2. The molecule has 2 aromatic rings. The van der Waals surface area contributed by atoms with Gasteiger partial charge < -0.3 is 4.57 Å². The molecule has 4 aliphatic carbocycles. The van der Waals surface area contributed by atoms with Gasteiger partial charge in [0.15, 0.2) is 5.78 Å². The van der Waals surface area contributed by atoms with Crippen LogP contribution in [0.1, 0.15) is 81.7 Å². The maximum atomic E-state index is 12.4. The number of fused-ring (bicyclic) bond motifs is 6. The Morgan fingerprint density at radius 1 is 1.08 bits per heavy atom. The summed E-state index contributed by atoms with van der Waals surface area (Å²) in [5.41, 5.74) is 5.39. The van der Waals surface area contributed by atoms with E-state index in [1.807, 2.05) is 24.7 Å². The van der Waals surface area contributed by atoms with Crippen LogP contribution in [-0.2, 0) is 16.0 Å². The fourth-order valence-corrected chi connectivity index (χ4v) is 8.51. The monoisotopic (exact) mass is 519 g/mol. The molecule has 2 heterocycles. The summed E-state index contributed by atoms with van der Waals surface area (Å²) in [6, 6.07) is 10.4. The van der Waals surface area contributed by atoms with Crippen LogP contribution in [0.15, 0.2) is 72.7 Å². The Morgan fingerprint density at radius 3 is 2.64 bits per heavy atom. The average Bonchev–Trinajstić information content (AvgIpc) is 3.54. The number of benzene rings is 1. The largest absolute Gasteiger partial charge is 0.327 e. The van der Waals surface area contributed by atoms with Gasteiger partial charge in [-0.05, 0) is 98.1 Å². The molecule has 3 fully saturated rings. The van der Waals surface area contributed by atoms with E-state index in [1.165, 1.54) is 17.7 Å². The van der Waals surface area contributed by atoms with Gasteiger partial charge in [-0.2, -0.15) is 5.26 Å². The van der Waals surface area contributed by atoms with Gasteiger partial charge in [-0.15, -0.1) is 0 Å². The van der Waals surface area contributed by atoms with Crippen molar-refractivity contribution < 1.29 is 9.59 Å². The van der Waals surface area contributed by atoms with Crippen molar-refractivity contribution in [3.05, 3.63) is 89.6 Å². The molecule has 1 aromatic carbocycles. The number of Topliss-reactive ketones (excluding diaryl/α,β-unsaturated/α-hetero) is 1. The first-order valence-corrected chi connectivity index (χ1v) is 14.4. The number of nitriles is 1. The minimum absolute atomic E-state index is 0.0686. The second kappa shape index (κ2) is 9.59. The quantitative estimate of drug-likeness (QED) is 0.420. The summed E-state index contributed by atoms with van der Waals surface area (Å²) in [6.45, 7) is 8.75. The van der Waals surface area contributed by atoms with Crippen molar-refractivity contribution >= 4 is 11.6 Å². The molecule has 5 heteroatoms. The number of ketones is 2. The number of rotatable bonds is 1. The SMILES string of the molecule is C=C1C[C@@H]2[C@H](CC[C@]3(C)C(=O)CC[C@@H]23)[C@@]2(C)C=CC(=O)C=C12.N#Cc1ccc(C2CCCc3cncn32)cc1. The van der Waals surface area contributed by atoms with E-state index < -0.39 is 0 Å². The Morgan fingerprint density at radius 2 is 1.87 bits per heavy atom. The van der Waals surface area contributed by atoms with E-state index in [-0.39, 0.29) is 16.6 Å². The highest BCUT2D eigenvalue weighted by atomic mass is 16.1. The maximum Gasteiger partial charge on any atom is 0.178 e. The van der Waals surface area contributed by atoms with Crippen molar-refractivity contribution in [1.82, 2.24) is 9.55 Å². The molecule has 3 saturated carbocycles. The van der Waals surface area contributed by atoms with Crippen LogP contribution in [-0.4, -0.2) is 21.1 Å². The van der Waals surface area contributed by atoms with E-state index in [0.717, 1.165) is 61.7 Å². The van der Waals surface area contributed by atoms with E-state index in [9.17, 15) is 9.59 Å². The van der Waals surface area contributed by atoms with Crippen molar-refractivity contribution in [2.45, 2.75) is 71.3 Å². The lowest BCUT2D eigenvalue weighted by atomic mass is 9.48. The van der Waals surface area contributed by atoms with Crippen LogP contribution >= 0.6 is 0 Å². The van der Waals surface area contributed by atoms with E-state index in [1.54, 1.807) is 12.2 Å². The Balaban J connectivity index is 0.000000147. The third kappa shape index (κ3) is 4.16. The normalized spacial score (nSPS) is 34.5. The summed E-state index contributed by atoms with van der Waals surface area (Å²) >= 11 is 0. The van der Waals surface area contributed by atoms with Crippen LogP contribution in [0.4, 0.5) is 0 Å². The number of nitrogens with zero attached hydrogens (tertiary/aromatic N) is 3. The van der Waals surface area contributed by atoms with Gasteiger partial charge in [0, 0.05) is 29.1 Å². The van der Waals surface area contributed by atoms with Gasteiger partial charge in [0.05, 0.1) is 24.0 Å². The first-order valence-electron chi connectivity index (χ1n) is 14.4. The predicted molar refractivity (Wildman–Crippen MR) is 151 cm³/mol. The number of hydrogen-bond donors (Lipinski definition) is 0. The van der Waals surface area contributed by atoms with Crippen LogP contribution < -0.4 is 0 Å². The fraction of sp³-hybridized carbons (Fsp3) is 0.471. The average molecular weight is 520 g/mol. The summed E-state index contributed by atoms with van der Waals surface area (Å²) in [7, 11) is 0. The molecule has 7 rings (SSSR count). The zero-order chi connectivity index (χ0) is 27.4. The highest BCUT2D eigenvalue weighted by Crippen LogP contribution is 2.64. The predicted octanol–water partition coefficient (Wildman–Crippen LogP) is 6.71. The van der Waals surface area contributed by atoms with E-state index in [0.29, 0.717) is 29.6 Å². The molecular weight excluding hydrogens is 482 g/mol. The topological polar surface area (TPSA) is 75.8 Å². The summed E-state index contributed by atoms with van der Waals surface area (Å²) in [5.74, 6) is 2.14. The molecule has 1 aromatic heterocycles. The third-order valence-electron chi connectivity index (χ3n) is 10.7. The Kier molecular flexibility index (Phi) is 6.33. The van der Waals surface area contributed by atoms with Gasteiger partial charge >= 0.3 is 0 Å². The summed E-state index contributed by atoms with van der Waals surface area (Å²) < 4.78 is 2.25. The van der Waals surface area contributed by atoms with Crippen LogP contribution in [0.5, 0.6) is 0 Å². The number of imidazole rings is 1. The Bertz CT molecular complexity index is 1440. The molecule has 0 spiro atoms. The number of hydrogen-bond acceptors (Lipinski definition) is 4. The maximum absolute atomic E-state index is 12.4. The third-order valence-corrected chi connectivity index (χ3v) is 10.7. The second-order valence-electron chi connectivity index (χ2n) is 12.6.